The summed E-state index contributed by atoms with van der Waals surface area (Å²) < 4.78 is 0. The normalized spacial score (nSPS) is 13.7. The van der Waals surface area contributed by atoms with Crippen molar-refractivity contribution in [2.45, 2.75) is 40.2 Å². The summed E-state index contributed by atoms with van der Waals surface area (Å²) in [5, 5.41) is 9.40. The van der Waals surface area contributed by atoms with Crippen molar-refractivity contribution < 1.29 is 14.7 Å². The predicted octanol–water partition coefficient (Wildman–Crippen LogP) is 2.77. The number of aliphatic carboxylic acids is 1. The van der Waals surface area contributed by atoms with Crippen molar-refractivity contribution in [3.63, 3.8) is 0 Å². The van der Waals surface area contributed by atoms with Crippen molar-refractivity contribution in [1.82, 2.24) is 0 Å². The molecule has 1 rings (SSSR count). The molecule has 2 atom stereocenters. The quantitative estimate of drug-likeness (QED) is 0.803. The summed E-state index contributed by atoms with van der Waals surface area (Å²) in [7, 11) is 0. The average Bonchev–Trinajstić information content (AvgIpc) is 2.37. The number of nitrogens with zero attached hydrogens (tertiary/aromatic N) is 1. The van der Waals surface area contributed by atoms with Crippen LogP contribution < -0.4 is 4.90 Å². The lowest BCUT2D eigenvalue weighted by molar-refractivity contribution is -0.140. The van der Waals surface area contributed by atoms with Crippen LogP contribution in [0.4, 0.5) is 5.69 Å². The number of anilines is 1. The Hall–Kier alpha value is -1.84. The zero-order chi connectivity index (χ0) is 14.6. The first-order chi connectivity index (χ1) is 8.92. The van der Waals surface area contributed by atoms with E-state index in [-0.39, 0.29) is 5.92 Å². The number of carboxylic acid groups (broad SMARTS) is 1. The van der Waals surface area contributed by atoms with E-state index in [0.717, 1.165) is 11.1 Å². The van der Waals surface area contributed by atoms with Crippen LogP contribution in [-0.2, 0) is 9.59 Å². The van der Waals surface area contributed by atoms with Crippen LogP contribution in [0.2, 0.25) is 0 Å². The number of aryl methyl sites for hydroxylation is 2. The van der Waals surface area contributed by atoms with Gasteiger partial charge >= 0.3 is 5.97 Å². The third-order valence-corrected chi connectivity index (χ3v) is 3.49. The molecular weight excluding hydrogens is 242 g/mol. The number of carboxylic acids is 1. The van der Waals surface area contributed by atoms with Crippen LogP contribution in [0.5, 0.6) is 0 Å². The fourth-order valence-electron chi connectivity index (χ4n) is 2.13. The summed E-state index contributed by atoms with van der Waals surface area (Å²) in [6, 6.07) is 4.86. The second kappa shape index (κ2) is 6.36. The molecule has 0 fully saturated rings. The van der Waals surface area contributed by atoms with E-state index in [9.17, 15) is 14.7 Å². The second-order valence-corrected chi connectivity index (χ2v) is 4.97. The Morgan fingerprint density at radius 3 is 2.53 bits per heavy atom. The third kappa shape index (κ3) is 3.34. The zero-order valence-electron chi connectivity index (χ0n) is 11.9. The Morgan fingerprint density at radius 2 is 2.05 bits per heavy atom. The largest absolute Gasteiger partial charge is 0.480 e. The molecule has 19 heavy (non-hydrogen) atoms. The summed E-state index contributed by atoms with van der Waals surface area (Å²) in [5.74, 6) is -1.08. The van der Waals surface area contributed by atoms with Crippen molar-refractivity contribution in [2.24, 2.45) is 5.92 Å². The van der Waals surface area contributed by atoms with E-state index in [1.54, 1.807) is 0 Å². The van der Waals surface area contributed by atoms with Crippen molar-refractivity contribution in [2.75, 3.05) is 4.90 Å². The molecule has 0 radical (unpaired) electrons. The summed E-state index contributed by atoms with van der Waals surface area (Å²) in [4.78, 5) is 24.2. The molecule has 104 valence electrons. The van der Waals surface area contributed by atoms with Crippen LogP contribution >= 0.6 is 0 Å². The van der Waals surface area contributed by atoms with E-state index >= 15 is 0 Å². The van der Waals surface area contributed by atoms with Crippen LogP contribution in [0.15, 0.2) is 18.2 Å². The molecule has 0 saturated carbocycles. The molecule has 2 unspecified atom stereocenters. The number of hydrogen-bond acceptors (Lipinski definition) is 2. The molecule has 4 heteroatoms. The first-order valence-electron chi connectivity index (χ1n) is 6.46. The van der Waals surface area contributed by atoms with Crippen molar-refractivity contribution in [3.05, 3.63) is 29.3 Å². The van der Waals surface area contributed by atoms with E-state index in [1.807, 2.05) is 45.9 Å². The maximum Gasteiger partial charge on any atom is 0.327 e. The molecule has 1 aromatic carbocycles. The minimum absolute atomic E-state index is 0.109. The van der Waals surface area contributed by atoms with Crippen molar-refractivity contribution in [3.8, 4) is 0 Å². The van der Waals surface area contributed by atoms with Gasteiger partial charge in [-0.2, -0.15) is 0 Å². The summed E-state index contributed by atoms with van der Waals surface area (Å²) in [5.41, 5.74) is 2.57. The summed E-state index contributed by atoms with van der Waals surface area (Å²) in [6.07, 6.45) is 1.32. The predicted molar refractivity (Wildman–Crippen MR) is 75.3 cm³/mol. The van der Waals surface area contributed by atoms with Crippen LogP contribution in [-0.4, -0.2) is 23.5 Å². The average molecular weight is 263 g/mol. The van der Waals surface area contributed by atoms with E-state index in [2.05, 4.69) is 0 Å². The van der Waals surface area contributed by atoms with Gasteiger partial charge in [0.25, 0.3) is 0 Å². The van der Waals surface area contributed by atoms with E-state index in [4.69, 9.17) is 0 Å². The van der Waals surface area contributed by atoms with Gasteiger partial charge in [-0.1, -0.05) is 32.4 Å². The van der Waals surface area contributed by atoms with Gasteiger partial charge in [-0.05, 0) is 37.0 Å². The van der Waals surface area contributed by atoms with Crippen LogP contribution in [0.25, 0.3) is 0 Å². The van der Waals surface area contributed by atoms with Gasteiger partial charge in [0, 0.05) is 5.69 Å². The highest BCUT2D eigenvalue weighted by Gasteiger charge is 2.31. The summed E-state index contributed by atoms with van der Waals surface area (Å²) >= 11 is 0. The Bertz CT molecular complexity index is 470. The highest BCUT2D eigenvalue weighted by molar-refractivity contribution is 5.89. The minimum atomic E-state index is -0.970. The lowest BCUT2D eigenvalue weighted by atomic mass is 9.96. The second-order valence-electron chi connectivity index (χ2n) is 4.97. The van der Waals surface area contributed by atoms with Crippen molar-refractivity contribution in [1.29, 1.82) is 0 Å². The highest BCUT2D eigenvalue weighted by atomic mass is 16.4. The zero-order valence-corrected chi connectivity index (χ0v) is 11.9. The Kier molecular flexibility index (Phi) is 5.10. The molecule has 0 spiro atoms. The van der Waals surface area contributed by atoms with E-state index in [1.165, 1.54) is 4.90 Å². The van der Waals surface area contributed by atoms with Crippen LogP contribution in [0.3, 0.4) is 0 Å². The topological polar surface area (TPSA) is 57.6 Å². The van der Waals surface area contributed by atoms with E-state index in [0.29, 0.717) is 18.5 Å². The first-order valence-corrected chi connectivity index (χ1v) is 6.46. The van der Waals surface area contributed by atoms with Gasteiger partial charge in [-0.25, -0.2) is 4.79 Å². The molecule has 0 saturated heterocycles. The number of amides is 1. The molecule has 0 aliphatic rings. The molecule has 1 aromatic rings. The maximum absolute atomic E-state index is 11.5. The first kappa shape index (κ1) is 15.2. The molecule has 0 bridgehead atoms. The molecule has 4 nitrogen and oxygen atoms in total. The standard InChI is InChI=1S/C15H21NO3/c1-5-11(3)14(15(18)19)16(9-17)13-8-10(2)6-7-12(13)4/h6-9,11,14H,5H2,1-4H3,(H,18,19). The molecule has 1 amide bonds. The fraction of sp³-hybridized carbons (Fsp3) is 0.467. The Labute approximate surface area is 114 Å². The van der Waals surface area contributed by atoms with Gasteiger partial charge in [0.15, 0.2) is 0 Å². The van der Waals surface area contributed by atoms with Gasteiger partial charge < -0.3 is 10.0 Å². The minimum Gasteiger partial charge on any atom is -0.480 e. The van der Waals surface area contributed by atoms with Gasteiger partial charge in [0.1, 0.15) is 6.04 Å². The van der Waals surface area contributed by atoms with Gasteiger partial charge in [0.2, 0.25) is 6.41 Å². The molecule has 0 aromatic heterocycles. The number of rotatable bonds is 6. The number of benzene rings is 1. The number of carbonyl (C=O) groups excluding carboxylic acids is 1. The third-order valence-electron chi connectivity index (χ3n) is 3.49. The van der Waals surface area contributed by atoms with Gasteiger partial charge in [-0.3, -0.25) is 4.79 Å². The molecule has 0 heterocycles. The smallest absolute Gasteiger partial charge is 0.327 e. The maximum atomic E-state index is 11.5. The monoisotopic (exact) mass is 263 g/mol. The lowest BCUT2D eigenvalue weighted by Crippen LogP contribution is -2.45. The van der Waals surface area contributed by atoms with Crippen molar-refractivity contribution >= 4 is 18.1 Å². The highest BCUT2D eigenvalue weighted by Crippen LogP contribution is 2.26. The van der Waals surface area contributed by atoms with Crippen LogP contribution in [0, 0.1) is 19.8 Å². The summed E-state index contributed by atoms with van der Waals surface area (Å²) in [6.45, 7) is 7.57. The van der Waals surface area contributed by atoms with E-state index < -0.39 is 12.0 Å². The van der Waals surface area contributed by atoms with Gasteiger partial charge in [-0.15, -0.1) is 0 Å². The molecule has 0 aliphatic carbocycles. The fourth-order valence-corrected chi connectivity index (χ4v) is 2.13. The SMILES string of the molecule is CCC(C)C(C(=O)O)N(C=O)c1cc(C)ccc1C. The van der Waals surface area contributed by atoms with Crippen LogP contribution in [0.1, 0.15) is 31.4 Å². The molecule has 0 aliphatic heterocycles. The van der Waals surface area contributed by atoms with Gasteiger partial charge in [0.05, 0.1) is 0 Å². The Balaban J connectivity index is 3.27. The lowest BCUT2D eigenvalue weighted by Gasteiger charge is -2.30. The Morgan fingerprint density at radius 1 is 1.42 bits per heavy atom. The molecule has 1 N–H and O–H groups in total. The number of hydrogen-bond donors (Lipinski definition) is 1. The molecular formula is C15H21NO3. The number of carbonyl (C=O) groups is 2.